The normalized spacial score (nSPS) is 17.6. The highest BCUT2D eigenvalue weighted by molar-refractivity contribution is 5.67. The van der Waals surface area contributed by atoms with Crippen molar-refractivity contribution in [2.75, 3.05) is 26.2 Å². The molecule has 1 aromatic rings. The van der Waals surface area contributed by atoms with E-state index in [0.29, 0.717) is 0 Å². The van der Waals surface area contributed by atoms with Crippen molar-refractivity contribution >= 4 is 5.97 Å². The lowest BCUT2D eigenvalue weighted by molar-refractivity contribution is -0.138. The average molecular weight is 290 g/mol. The Balaban J connectivity index is 2.01. The zero-order chi connectivity index (χ0) is 15.1. The van der Waals surface area contributed by atoms with Gasteiger partial charge in [0.15, 0.2) is 0 Å². The van der Waals surface area contributed by atoms with Crippen LogP contribution in [-0.4, -0.2) is 48.2 Å². The van der Waals surface area contributed by atoms with Gasteiger partial charge in [-0.15, -0.1) is 0 Å². The Morgan fingerprint density at radius 3 is 2.43 bits per heavy atom. The summed E-state index contributed by atoms with van der Waals surface area (Å²) in [6.07, 6.45) is 3.30. The van der Waals surface area contributed by atoms with Gasteiger partial charge in [-0.3, -0.25) is 9.69 Å². The number of carboxylic acid groups (broad SMARTS) is 1. The van der Waals surface area contributed by atoms with Gasteiger partial charge < -0.3 is 10.4 Å². The maximum absolute atomic E-state index is 11.1. The molecule has 1 aliphatic heterocycles. The molecule has 2 rings (SSSR count). The number of rotatable bonds is 7. The molecule has 0 aliphatic carbocycles. The fourth-order valence-corrected chi connectivity index (χ4v) is 2.98. The van der Waals surface area contributed by atoms with E-state index in [1.54, 1.807) is 0 Å². The van der Waals surface area contributed by atoms with Crippen LogP contribution in [0.25, 0.3) is 0 Å². The first-order valence-electron chi connectivity index (χ1n) is 7.93. The number of nitrogens with zero attached hydrogens (tertiary/aromatic N) is 1. The van der Waals surface area contributed by atoms with E-state index in [4.69, 9.17) is 5.11 Å². The lowest BCUT2D eigenvalue weighted by atomic mass is 9.99. The monoisotopic (exact) mass is 290 g/mol. The van der Waals surface area contributed by atoms with E-state index in [2.05, 4.69) is 41.4 Å². The van der Waals surface area contributed by atoms with Crippen molar-refractivity contribution in [2.45, 2.75) is 38.6 Å². The van der Waals surface area contributed by atoms with Crippen LogP contribution in [0.1, 0.15) is 30.9 Å². The van der Waals surface area contributed by atoms with Gasteiger partial charge in [-0.1, -0.05) is 37.6 Å². The summed E-state index contributed by atoms with van der Waals surface area (Å²) >= 11 is 0. The van der Waals surface area contributed by atoms with Crippen LogP contribution < -0.4 is 5.32 Å². The molecular formula is C17H26N2O2. The van der Waals surface area contributed by atoms with Crippen LogP contribution in [0.2, 0.25) is 0 Å². The van der Waals surface area contributed by atoms with Crippen molar-refractivity contribution in [3.05, 3.63) is 35.4 Å². The third-order valence-electron chi connectivity index (χ3n) is 4.11. The maximum atomic E-state index is 11.1. The van der Waals surface area contributed by atoms with Crippen molar-refractivity contribution < 1.29 is 9.90 Å². The van der Waals surface area contributed by atoms with E-state index in [0.717, 1.165) is 45.4 Å². The second kappa shape index (κ2) is 8.15. The molecule has 4 heteroatoms. The van der Waals surface area contributed by atoms with E-state index in [9.17, 15) is 4.79 Å². The molecule has 1 aromatic carbocycles. The quantitative estimate of drug-likeness (QED) is 0.806. The molecule has 0 radical (unpaired) electrons. The van der Waals surface area contributed by atoms with Crippen molar-refractivity contribution in [2.24, 2.45) is 0 Å². The fourth-order valence-electron chi connectivity index (χ4n) is 2.98. The molecule has 0 amide bonds. The Hall–Kier alpha value is -1.39. The number of aryl methyl sites for hydroxylation is 1. The average Bonchev–Trinajstić information content (AvgIpc) is 2.49. The Morgan fingerprint density at radius 1 is 1.24 bits per heavy atom. The van der Waals surface area contributed by atoms with Crippen LogP contribution in [0.4, 0.5) is 0 Å². The first kappa shape index (κ1) is 16.0. The van der Waals surface area contributed by atoms with Crippen molar-refractivity contribution in [3.63, 3.8) is 0 Å². The van der Waals surface area contributed by atoms with E-state index in [-0.39, 0.29) is 12.5 Å². The van der Waals surface area contributed by atoms with E-state index >= 15 is 0 Å². The first-order valence-corrected chi connectivity index (χ1v) is 7.93. The zero-order valence-corrected chi connectivity index (χ0v) is 12.8. The number of carboxylic acids is 1. The molecule has 0 aromatic heterocycles. The Kier molecular flexibility index (Phi) is 6.21. The third-order valence-corrected chi connectivity index (χ3v) is 4.11. The second-order valence-electron chi connectivity index (χ2n) is 5.81. The maximum Gasteiger partial charge on any atom is 0.304 e. The van der Waals surface area contributed by atoms with Crippen molar-refractivity contribution in [1.29, 1.82) is 0 Å². The molecule has 1 atom stereocenters. The van der Waals surface area contributed by atoms with Gasteiger partial charge in [0, 0.05) is 32.2 Å². The minimum absolute atomic E-state index is 0.0987. The van der Waals surface area contributed by atoms with Gasteiger partial charge in [0.05, 0.1) is 6.42 Å². The van der Waals surface area contributed by atoms with Crippen LogP contribution in [0.3, 0.4) is 0 Å². The van der Waals surface area contributed by atoms with Crippen LogP contribution in [0, 0.1) is 0 Å². The highest BCUT2D eigenvalue weighted by atomic mass is 16.4. The highest BCUT2D eigenvalue weighted by Crippen LogP contribution is 2.15. The highest BCUT2D eigenvalue weighted by Gasteiger charge is 2.23. The Morgan fingerprint density at radius 2 is 1.86 bits per heavy atom. The minimum atomic E-state index is -0.707. The zero-order valence-electron chi connectivity index (χ0n) is 12.8. The second-order valence-corrected chi connectivity index (χ2v) is 5.81. The number of hydrogen-bond donors (Lipinski definition) is 2. The largest absolute Gasteiger partial charge is 0.481 e. The summed E-state index contributed by atoms with van der Waals surface area (Å²) in [6.45, 7) is 5.95. The first-order chi connectivity index (χ1) is 10.2. The molecule has 1 fully saturated rings. The van der Waals surface area contributed by atoms with Gasteiger partial charge in [0.1, 0.15) is 0 Å². The van der Waals surface area contributed by atoms with E-state index in [1.807, 2.05) is 0 Å². The van der Waals surface area contributed by atoms with Crippen molar-refractivity contribution in [1.82, 2.24) is 10.2 Å². The summed E-state index contributed by atoms with van der Waals surface area (Å²) in [5.74, 6) is -0.707. The molecule has 1 saturated heterocycles. The standard InChI is InChI=1S/C17H26N2O2/c1-2-3-14-4-6-15(7-5-14)12-16(13-17(20)21)19-10-8-18-9-11-19/h4-7,16,18H,2-3,8-13H2,1H3,(H,20,21). The van der Waals surface area contributed by atoms with Crippen LogP contribution >= 0.6 is 0 Å². The number of aliphatic carboxylic acids is 1. The van der Waals surface area contributed by atoms with Gasteiger partial charge in [0.25, 0.3) is 0 Å². The molecule has 2 N–H and O–H groups in total. The Labute approximate surface area is 127 Å². The van der Waals surface area contributed by atoms with Crippen LogP contribution in [-0.2, 0) is 17.6 Å². The number of nitrogens with one attached hydrogen (secondary N) is 1. The number of carbonyl (C=O) groups is 1. The smallest absolute Gasteiger partial charge is 0.304 e. The van der Waals surface area contributed by atoms with E-state index < -0.39 is 5.97 Å². The van der Waals surface area contributed by atoms with Gasteiger partial charge in [-0.25, -0.2) is 0 Å². The number of benzene rings is 1. The summed E-state index contributed by atoms with van der Waals surface area (Å²) in [7, 11) is 0. The molecule has 1 heterocycles. The van der Waals surface area contributed by atoms with Gasteiger partial charge in [0.2, 0.25) is 0 Å². The molecular weight excluding hydrogens is 264 g/mol. The predicted octanol–water partition coefficient (Wildman–Crippen LogP) is 1.93. The molecule has 0 spiro atoms. The molecule has 1 aliphatic rings. The molecule has 4 nitrogen and oxygen atoms in total. The third kappa shape index (κ3) is 5.14. The summed E-state index contributed by atoms with van der Waals surface area (Å²) in [5.41, 5.74) is 2.60. The van der Waals surface area contributed by atoms with Crippen LogP contribution in [0.5, 0.6) is 0 Å². The lowest BCUT2D eigenvalue weighted by Gasteiger charge is -2.34. The lowest BCUT2D eigenvalue weighted by Crippen LogP contribution is -2.49. The number of piperazine rings is 1. The SMILES string of the molecule is CCCc1ccc(CC(CC(=O)O)N2CCNCC2)cc1. The predicted molar refractivity (Wildman–Crippen MR) is 84.6 cm³/mol. The van der Waals surface area contributed by atoms with Crippen LogP contribution in [0.15, 0.2) is 24.3 Å². The minimum Gasteiger partial charge on any atom is -0.481 e. The summed E-state index contributed by atoms with van der Waals surface area (Å²) in [4.78, 5) is 13.4. The molecule has 21 heavy (non-hydrogen) atoms. The molecule has 1 unspecified atom stereocenters. The number of hydrogen-bond acceptors (Lipinski definition) is 3. The fraction of sp³-hybridized carbons (Fsp3) is 0.588. The molecule has 0 saturated carbocycles. The summed E-state index contributed by atoms with van der Waals surface area (Å²) < 4.78 is 0. The molecule has 116 valence electrons. The summed E-state index contributed by atoms with van der Waals surface area (Å²) in [5, 5.41) is 12.5. The van der Waals surface area contributed by atoms with Crippen molar-refractivity contribution in [3.8, 4) is 0 Å². The topological polar surface area (TPSA) is 52.6 Å². The van der Waals surface area contributed by atoms with Gasteiger partial charge in [-0.05, 0) is 24.0 Å². The molecule has 0 bridgehead atoms. The van der Waals surface area contributed by atoms with Gasteiger partial charge in [-0.2, -0.15) is 0 Å². The van der Waals surface area contributed by atoms with Gasteiger partial charge >= 0.3 is 5.97 Å². The summed E-state index contributed by atoms with van der Waals surface area (Å²) in [6, 6.07) is 8.76. The Bertz CT molecular complexity index is 439. The van der Waals surface area contributed by atoms with E-state index in [1.165, 1.54) is 11.1 Å².